The number of unbranched alkanes of at least 4 members (excludes halogenated alkanes) is 30. The summed E-state index contributed by atoms with van der Waals surface area (Å²) in [6, 6.07) is -1.03. The molecule has 1 heterocycles. The number of allylic oxidation sites excluding steroid dienone is 11. The van der Waals surface area contributed by atoms with Crippen LogP contribution in [0.25, 0.3) is 0 Å². The maximum Gasteiger partial charge on any atom is 0.306 e. The number of rotatable bonds is 52. The predicted molar refractivity (Wildman–Crippen MR) is 315 cm³/mol. The molecular formula is C65H115NO10. The van der Waals surface area contributed by atoms with Crippen molar-refractivity contribution in [2.45, 2.75) is 314 Å². The molecule has 0 radical (unpaired) electrons. The van der Waals surface area contributed by atoms with E-state index in [-0.39, 0.29) is 19.4 Å². The lowest BCUT2D eigenvalue weighted by Crippen LogP contribution is -2.61. The van der Waals surface area contributed by atoms with Crippen molar-refractivity contribution in [2.75, 3.05) is 13.2 Å². The highest BCUT2D eigenvalue weighted by molar-refractivity contribution is 5.80. The van der Waals surface area contributed by atoms with Gasteiger partial charge in [0.1, 0.15) is 24.4 Å². The van der Waals surface area contributed by atoms with E-state index in [0.717, 1.165) is 89.9 Å². The molecule has 11 nitrogen and oxygen atoms in total. The molecule has 1 fully saturated rings. The molecule has 1 saturated heterocycles. The lowest BCUT2D eigenvalue weighted by Gasteiger charge is -2.41. The number of ether oxygens (including phenoxy) is 3. The van der Waals surface area contributed by atoms with Crippen LogP contribution in [0, 0.1) is 0 Å². The summed E-state index contributed by atoms with van der Waals surface area (Å²) < 4.78 is 17.6. The molecule has 0 aliphatic carbocycles. The second kappa shape index (κ2) is 52.8. The molecule has 0 aromatic carbocycles. The number of carbonyl (C=O) groups is 2. The molecule has 0 saturated carbocycles. The Morgan fingerprint density at radius 3 is 1.54 bits per heavy atom. The zero-order valence-corrected chi connectivity index (χ0v) is 48.6. The van der Waals surface area contributed by atoms with Gasteiger partial charge in [0.05, 0.1) is 25.4 Å². The van der Waals surface area contributed by atoms with Gasteiger partial charge in [0.15, 0.2) is 12.4 Å². The number of carbonyl (C=O) groups excluding carboxylic acids is 2. The molecule has 8 unspecified atom stereocenters. The Balaban J connectivity index is 2.65. The Kier molecular flexibility index (Phi) is 49.4. The van der Waals surface area contributed by atoms with Gasteiger partial charge in [-0.1, -0.05) is 254 Å². The molecule has 1 rings (SSSR count). The molecule has 0 spiro atoms. The molecule has 0 aromatic rings. The van der Waals surface area contributed by atoms with Gasteiger partial charge in [0.2, 0.25) is 5.91 Å². The van der Waals surface area contributed by atoms with Gasteiger partial charge in [-0.15, -0.1) is 0 Å². The number of amides is 1. The first kappa shape index (κ1) is 71.1. The SMILES string of the molecule is CC/C=C/C=C/C=C/CCCCCCCCC(O)C(=O)NC(COC1OC(CO)C(O)C(O)C1OC(=O)CCCCCCCCCCCCC/C=C\C/C=C\CCCCC)C(O)/C=C/CCCCCCCCCCCC. The largest absolute Gasteiger partial charge is 0.454 e. The average Bonchev–Trinajstić information content (AvgIpc) is 3.42. The molecule has 440 valence electrons. The van der Waals surface area contributed by atoms with E-state index in [1.165, 1.54) is 128 Å². The Morgan fingerprint density at radius 2 is 1.00 bits per heavy atom. The lowest BCUT2D eigenvalue weighted by atomic mass is 9.99. The Hall–Kier alpha value is -2.90. The number of aliphatic hydroxyl groups is 5. The van der Waals surface area contributed by atoms with Crippen LogP contribution in [0.5, 0.6) is 0 Å². The van der Waals surface area contributed by atoms with Gasteiger partial charge in [-0.05, 0) is 77.0 Å². The summed E-state index contributed by atoms with van der Waals surface area (Å²) >= 11 is 0. The fourth-order valence-electron chi connectivity index (χ4n) is 9.45. The fraction of sp³-hybridized carbons (Fsp3) is 0.785. The lowest BCUT2D eigenvalue weighted by molar-refractivity contribution is -0.305. The van der Waals surface area contributed by atoms with Crippen molar-refractivity contribution < 1.29 is 49.3 Å². The molecule has 0 aromatic heterocycles. The van der Waals surface area contributed by atoms with Crippen LogP contribution in [0.2, 0.25) is 0 Å². The van der Waals surface area contributed by atoms with E-state index >= 15 is 0 Å². The van der Waals surface area contributed by atoms with E-state index in [4.69, 9.17) is 14.2 Å². The Morgan fingerprint density at radius 1 is 0.539 bits per heavy atom. The van der Waals surface area contributed by atoms with Crippen LogP contribution in [0.3, 0.4) is 0 Å². The van der Waals surface area contributed by atoms with E-state index in [2.05, 4.69) is 74.7 Å². The first-order chi connectivity index (χ1) is 37.2. The Bertz CT molecular complexity index is 1510. The van der Waals surface area contributed by atoms with Crippen molar-refractivity contribution in [3.8, 4) is 0 Å². The molecular weight excluding hydrogens is 955 g/mol. The first-order valence-electron chi connectivity index (χ1n) is 31.2. The van der Waals surface area contributed by atoms with Crippen molar-refractivity contribution in [2.24, 2.45) is 0 Å². The van der Waals surface area contributed by atoms with Crippen LogP contribution < -0.4 is 5.32 Å². The minimum Gasteiger partial charge on any atom is -0.454 e. The summed E-state index contributed by atoms with van der Waals surface area (Å²) in [5, 5.41) is 56.9. The van der Waals surface area contributed by atoms with Crippen LogP contribution >= 0.6 is 0 Å². The molecule has 76 heavy (non-hydrogen) atoms. The quantitative estimate of drug-likeness (QED) is 0.0149. The smallest absolute Gasteiger partial charge is 0.306 e. The highest BCUT2D eigenvalue weighted by Crippen LogP contribution is 2.26. The summed E-state index contributed by atoms with van der Waals surface area (Å²) in [7, 11) is 0. The van der Waals surface area contributed by atoms with E-state index in [1.54, 1.807) is 6.08 Å². The summed E-state index contributed by atoms with van der Waals surface area (Å²) in [6.07, 6.45) is 56.5. The molecule has 1 aliphatic heterocycles. The third kappa shape index (κ3) is 40.3. The number of nitrogens with one attached hydrogen (secondary N) is 1. The summed E-state index contributed by atoms with van der Waals surface area (Å²) in [6.45, 7) is 5.63. The molecule has 6 N–H and O–H groups in total. The predicted octanol–water partition coefficient (Wildman–Crippen LogP) is 14.8. The van der Waals surface area contributed by atoms with E-state index in [9.17, 15) is 35.1 Å². The monoisotopic (exact) mass is 1070 g/mol. The van der Waals surface area contributed by atoms with Crippen molar-refractivity contribution in [1.29, 1.82) is 0 Å². The van der Waals surface area contributed by atoms with Crippen LogP contribution in [-0.4, -0.2) is 99.6 Å². The van der Waals surface area contributed by atoms with Gasteiger partial charge >= 0.3 is 5.97 Å². The van der Waals surface area contributed by atoms with Crippen LogP contribution in [0.15, 0.2) is 72.9 Å². The highest BCUT2D eigenvalue weighted by Gasteiger charge is 2.47. The molecule has 0 bridgehead atoms. The first-order valence-corrected chi connectivity index (χ1v) is 31.2. The number of hydrogen-bond acceptors (Lipinski definition) is 10. The standard InChI is InChI=1S/C65H115NO10/c1-4-7-10-13-16-19-22-25-27-28-29-30-31-32-33-35-38-41-44-47-50-53-60(70)76-63-62(72)61(71)59(54-67)75-65(63)74-55-56(57(68)51-48-45-42-39-36-24-21-18-15-12-9-6-3)66-64(73)58(69)52-49-46-43-40-37-34-26-23-20-17-14-11-8-5-2/h8,11,14,16-17,19-20,23,25,27,48,51,56-59,61-63,65,67-69,71-72H,4-7,9-10,12-13,15,18,21-22,24,26,28-47,49-50,52-55H2,1-3H3,(H,66,73)/b11-8+,17-14+,19-16-,23-20+,27-25-,51-48+. The van der Waals surface area contributed by atoms with Gasteiger partial charge in [0, 0.05) is 6.42 Å². The van der Waals surface area contributed by atoms with E-state index < -0.39 is 67.4 Å². The number of hydrogen-bond donors (Lipinski definition) is 6. The van der Waals surface area contributed by atoms with Gasteiger partial charge in [-0.3, -0.25) is 9.59 Å². The minimum atomic E-state index is -1.62. The topological polar surface area (TPSA) is 175 Å². The minimum absolute atomic E-state index is 0.118. The zero-order chi connectivity index (χ0) is 55.4. The van der Waals surface area contributed by atoms with Gasteiger partial charge in [0.25, 0.3) is 0 Å². The highest BCUT2D eigenvalue weighted by atomic mass is 16.7. The van der Waals surface area contributed by atoms with Crippen LogP contribution in [0.1, 0.15) is 265 Å². The van der Waals surface area contributed by atoms with Crippen molar-refractivity contribution in [1.82, 2.24) is 5.32 Å². The summed E-state index contributed by atoms with van der Waals surface area (Å²) in [5.74, 6) is -1.21. The summed E-state index contributed by atoms with van der Waals surface area (Å²) in [5.41, 5.74) is 0. The van der Waals surface area contributed by atoms with E-state index in [1.807, 2.05) is 18.2 Å². The molecule has 11 heteroatoms. The van der Waals surface area contributed by atoms with Crippen molar-refractivity contribution in [3.63, 3.8) is 0 Å². The van der Waals surface area contributed by atoms with Crippen LogP contribution in [-0.2, 0) is 23.8 Å². The normalized spacial score (nSPS) is 19.6. The van der Waals surface area contributed by atoms with Gasteiger partial charge in [-0.2, -0.15) is 0 Å². The number of aliphatic hydroxyl groups excluding tert-OH is 5. The maximum atomic E-state index is 13.4. The van der Waals surface area contributed by atoms with Crippen LogP contribution in [0.4, 0.5) is 0 Å². The zero-order valence-electron chi connectivity index (χ0n) is 48.6. The van der Waals surface area contributed by atoms with Crippen molar-refractivity contribution >= 4 is 11.9 Å². The fourth-order valence-corrected chi connectivity index (χ4v) is 9.45. The second-order valence-corrected chi connectivity index (χ2v) is 21.5. The maximum absolute atomic E-state index is 13.4. The summed E-state index contributed by atoms with van der Waals surface area (Å²) in [4.78, 5) is 26.5. The number of esters is 1. The van der Waals surface area contributed by atoms with Gasteiger partial charge in [-0.25, -0.2) is 0 Å². The molecule has 1 aliphatic rings. The average molecular weight is 1070 g/mol. The molecule has 8 atom stereocenters. The van der Waals surface area contributed by atoms with Crippen molar-refractivity contribution in [3.05, 3.63) is 72.9 Å². The molecule has 1 amide bonds. The Labute approximate surface area is 464 Å². The third-order valence-corrected chi connectivity index (χ3v) is 14.4. The van der Waals surface area contributed by atoms with Gasteiger partial charge < -0.3 is 45.1 Å². The third-order valence-electron chi connectivity index (χ3n) is 14.4. The second-order valence-electron chi connectivity index (χ2n) is 21.5. The van der Waals surface area contributed by atoms with E-state index in [0.29, 0.717) is 12.8 Å².